The zero-order chi connectivity index (χ0) is 18.1. The first-order valence-electron chi connectivity index (χ1n) is 9.26. The van der Waals surface area contributed by atoms with E-state index < -0.39 is 9.84 Å². The second-order valence-electron chi connectivity index (χ2n) is 6.91. The fourth-order valence-electron chi connectivity index (χ4n) is 2.81. The third-order valence-corrected chi connectivity index (χ3v) is 6.31. The Balaban J connectivity index is 0.00000338. The Hall–Kier alpha value is -0.830. The molecule has 1 heterocycles. The number of benzene rings is 1. The number of nitrogens with zero attached hydrogens (tertiary/aromatic N) is 1. The topological polar surface area (TPSA) is 70.6 Å². The van der Waals surface area contributed by atoms with Crippen LogP contribution in [0.15, 0.2) is 29.3 Å². The number of rotatable bonds is 7. The van der Waals surface area contributed by atoms with Gasteiger partial charge in [0.25, 0.3) is 0 Å². The minimum absolute atomic E-state index is 0. The summed E-state index contributed by atoms with van der Waals surface area (Å²) in [6, 6.07) is 8.42. The molecule has 0 atom stereocenters. The molecule has 148 valence electrons. The highest BCUT2D eigenvalue weighted by atomic mass is 127. The monoisotopic (exact) mass is 493 g/mol. The normalized spacial score (nSPS) is 17.4. The van der Waals surface area contributed by atoms with Crippen molar-refractivity contribution < 1.29 is 8.42 Å². The number of hydrogen-bond acceptors (Lipinski definition) is 3. The first-order chi connectivity index (χ1) is 12.0. The van der Waals surface area contributed by atoms with Crippen molar-refractivity contribution in [3.63, 3.8) is 0 Å². The van der Waals surface area contributed by atoms with Crippen LogP contribution in [-0.4, -0.2) is 39.0 Å². The number of sulfone groups is 1. The smallest absolute Gasteiger partial charge is 0.191 e. The van der Waals surface area contributed by atoms with E-state index in [2.05, 4.69) is 53.7 Å². The van der Waals surface area contributed by atoms with Gasteiger partial charge >= 0.3 is 0 Å². The first kappa shape index (κ1) is 23.2. The Morgan fingerprint density at radius 1 is 1.15 bits per heavy atom. The molecule has 2 N–H and O–H groups in total. The Morgan fingerprint density at radius 2 is 1.81 bits per heavy atom. The van der Waals surface area contributed by atoms with Crippen molar-refractivity contribution in [2.45, 2.75) is 46.1 Å². The molecule has 2 rings (SSSR count). The van der Waals surface area contributed by atoms with E-state index in [9.17, 15) is 8.42 Å². The third kappa shape index (κ3) is 8.70. The van der Waals surface area contributed by atoms with Crippen LogP contribution in [0, 0.1) is 12.8 Å². The molecule has 7 heteroatoms. The second-order valence-corrected chi connectivity index (χ2v) is 9.21. The predicted molar refractivity (Wildman–Crippen MR) is 120 cm³/mol. The number of aryl methyl sites for hydroxylation is 1. The van der Waals surface area contributed by atoms with Gasteiger partial charge < -0.3 is 10.6 Å². The molecule has 0 unspecified atom stereocenters. The molecular weight excluding hydrogens is 461 g/mol. The largest absolute Gasteiger partial charge is 0.356 e. The average Bonchev–Trinajstić information content (AvgIpc) is 2.59. The molecule has 0 aromatic heterocycles. The average molecular weight is 493 g/mol. The summed E-state index contributed by atoms with van der Waals surface area (Å²) in [7, 11) is -2.80. The highest BCUT2D eigenvalue weighted by Gasteiger charge is 2.23. The van der Waals surface area contributed by atoms with Crippen molar-refractivity contribution in [2.75, 3.05) is 24.6 Å². The lowest BCUT2D eigenvalue weighted by atomic mass is 10.0. The number of nitrogens with one attached hydrogen (secondary N) is 2. The molecule has 1 aliphatic rings. The Kier molecular flexibility index (Phi) is 10.5. The summed E-state index contributed by atoms with van der Waals surface area (Å²) in [5.74, 6) is 1.86. The molecule has 1 fully saturated rings. The quantitative estimate of drug-likeness (QED) is 0.265. The van der Waals surface area contributed by atoms with Crippen molar-refractivity contribution in [1.29, 1.82) is 0 Å². The molecule has 0 aliphatic carbocycles. The van der Waals surface area contributed by atoms with Gasteiger partial charge in [-0.05, 0) is 37.7 Å². The molecule has 5 nitrogen and oxygen atoms in total. The Morgan fingerprint density at radius 3 is 2.42 bits per heavy atom. The van der Waals surface area contributed by atoms with Gasteiger partial charge in [-0.2, -0.15) is 0 Å². The SMILES string of the molecule is CCCCNC(=NCc1ccc(C)cc1)NCC1CCS(=O)(=O)CC1.I. The number of aliphatic imine (C=N–C) groups is 1. The molecule has 1 aromatic carbocycles. The third-order valence-electron chi connectivity index (χ3n) is 4.60. The standard InChI is InChI=1S/C19H31N3O2S.HI/c1-3-4-11-20-19(21-14-17-7-5-16(2)6-8-17)22-15-18-9-12-25(23,24)13-10-18;/h5-8,18H,3-4,9-15H2,1-2H3,(H2,20,21,22);1H. The van der Waals surface area contributed by atoms with E-state index >= 15 is 0 Å². The Bertz CT molecular complexity index is 646. The molecule has 0 amide bonds. The van der Waals surface area contributed by atoms with Crippen LogP contribution in [0.3, 0.4) is 0 Å². The van der Waals surface area contributed by atoms with E-state index in [4.69, 9.17) is 0 Å². The van der Waals surface area contributed by atoms with Crippen molar-refractivity contribution in [3.8, 4) is 0 Å². The van der Waals surface area contributed by atoms with E-state index in [0.29, 0.717) is 24.0 Å². The molecule has 0 spiro atoms. The minimum atomic E-state index is -2.80. The molecule has 0 saturated carbocycles. The summed E-state index contributed by atoms with van der Waals surface area (Å²) in [5, 5.41) is 6.78. The highest BCUT2D eigenvalue weighted by Crippen LogP contribution is 2.17. The van der Waals surface area contributed by atoms with E-state index in [1.807, 2.05) is 0 Å². The van der Waals surface area contributed by atoms with Crippen LogP contribution in [0.5, 0.6) is 0 Å². The first-order valence-corrected chi connectivity index (χ1v) is 11.1. The van der Waals surface area contributed by atoms with Crippen LogP contribution < -0.4 is 10.6 Å². The van der Waals surface area contributed by atoms with Gasteiger partial charge in [-0.25, -0.2) is 13.4 Å². The van der Waals surface area contributed by atoms with Crippen LogP contribution in [0.4, 0.5) is 0 Å². The summed E-state index contributed by atoms with van der Waals surface area (Å²) in [6.45, 7) is 6.56. The fourth-order valence-corrected chi connectivity index (χ4v) is 4.39. The van der Waals surface area contributed by atoms with E-state index in [1.54, 1.807) is 0 Å². The van der Waals surface area contributed by atoms with Gasteiger partial charge in [0.05, 0.1) is 18.1 Å². The molecule has 1 saturated heterocycles. The fraction of sp³-hybridized carbons (Fsp3) is 0.632. The van der Waals surface area contributed by atoms with Crippen LogP contribution in [0.25, 0.3) is 0 Å². The summed E-state index contributed by atoms with van der Waals surface area (Å²) < 4.78 is 23.1. The van der Waals surface area contributed by atoms with Gasteiger partial charge in [0.2, 0.25) is 0 Å². The van der Waals surface area contributed by atoms with E-state index in [-0.39, 0.29) is 24.0 Å². The van der Waals surface area contributed by atoms with Crippen LogP contribution >= 0.6 is 24.0 Å². The van der Waals surface area contributed by atoms with E-state index in [1.165, 1.54) is 11.1 Å². The van der Waals surface area contributed by atoms with Crippen molar-refractivity contribution in [2.24, 2.45) is 10.9 Å². The van der Waals surface area contributed by atoms with Crippen molar-refractivity contribution >= 4 is 39.8 Å². The summed E-state index contributed by atoms with van der Waals surface area (Å²) in [6.07, 6.45) is 3.73. The zero-order valence-corrected chi connectivity index (χ0v) is 19.0. The van der Waals surface area contributed by atoms with Crippen molar-refractivity contribution in [1.82, 2.24) is 10.6 Å². The number of unbranched alkanes of at least 4 members (excludes halogenated alkanes) is 1. The van der Waals surface area contributed by atoms with Gasteiger partial charge in [-0.1, -0.05) is 43.2 Å². The van der Waals surface area contributed by atoms with Crippen LogP contribution in [0.2, 0.25) is 0 Å². The van der Waals surface area contributed by atoms with Gasteiger partial charge in [-0.3, -0.25) is 0 Å². The van der Waals surface area contributed by atoms with Crippen LogP contribution in [-0.2, 0) is 16.4 Å². The van der Waals surface area contributed by atoms with Crippen LogP contribution in [0.1, 0.15) is 43.7 Å². The summed E-state index contributed by atoms with van der Waals surface area (Å²) >= 11 is 0. The van der Waals surface area contributed by atoms with Crippen molar-refractivity contribution in [3.05, 3.63) is 35.4 Å². The highest BCUT2D eigenvalue weighted by molar-refractivity contribution is 14.0. The lowest BCUT2D eigenvalue weighted by molar-refractivity contribution is 0.457. The van der Waals surface area contributed by atoms with Gasteiger partial charge in [0.1, 0.15) is 9.84 Å². The molecule has 26 heavy (non-hydrogen) atoms. The lowest BCUT2D eigenvalue weighted by Gasteiger charge is -2.23. The van der Waals surface area contributed by atoms with Gasteiger partial charge in [0, 0.05) is 13.1 Å². The number of guanidine groups is 1. The molecule has 0 bridgehead atoms. The number of hydrogen-bond donors (Lipinski definition) is 2. The van der Waals surface area contributed by atoms with Gasteiger partial charge in [-0.15, -0.1) is 24.0 Å². The number of halogens is 1. The predicted octanol–water partition coefficient (Wildman–Crippen LogP) is 3.27. The Labute approximate surface area is 175 Å². The molecule has 1 aliphatic heterocycles. The summed E-state index contributed by atoms with van der Waals surface area (Å²) in [4.78, 5) is 4.68. The molecular formula is C19H32IN3O2S. The maximum atomic E-state index is 11.5. The van der Waals surface area contributed by atoms with E-state index in [0.717, 1.165) is 44.7 Å². The molecule has 1 aromatic rings. The maximum absolute atomic E-state index is 11.5. The molecule has 0 radical (unpaired) electrons. The zero-order valence-electron chi connectivity index (χ0n) is 15.8. The maximum Gasteiger partial charge on any atom is 0.191 e. The second kappa shape index (κ2) is 11.8. The summed E-state index contributed by atoms with van der Waals surface area (Å²) in [5.41, 5.74) is 2.44. The minimum Gasteiger partial charge on any atom is -0.356 e. The lowest BCUT2D eigenvalue weighted by Crippen LogP contribution is -2.41. The van der Waals surface area contributed by atoms with Gasteiger partial charge in [0.15, 0.2) is 5.96 Å².